The first-order chi connectivity index (χ1) is 7.08. The lowest BCUT2D eigenvalue weighted by atomic mass is 10.4. The van der Waals surface area contributed by atoms with Gasteiger partial charge in [0.25, 0.3) is 5.08 Å². The third-order valence-corrected chi connectivity index (χ3v) is 9.11. The summed E-state index contributed by atoms with van der Waals surface area (Å²) in [7, 11) is -11.4. The zero-order chi connectivity index (χ0) is 12.6. The quantitative estimate of drug-likeness (QED) is 0.376. The van der Waals surface area contributed by atoms with Gasteiger partial charge >= 0.3 is 7.60 Å². The van der Waals surface area contributed by atoms with Gasteiger partial charge in [-0.05, 0) is 23.7 Å². The van der Waals surface area contributed by atoms with Gasteiger partial charge in [0.05, 0.1) is 0 Å². The van der Waals surface area contributed by atoms with Gasteiger partial charge in [0.2, 0.25) is 0 Å². The van der Waals surface area contributed by atoms with Gasteiger partial charge in [0.15, 0.2) is 13.3 Å². The Morgan fingerprint density at radius 2 is 1.62 bits per heavy atom. The molecule has 0 saturated carbocycles. The number of aliphatic hydroxyl groups is 1. The fourth-order valence-electron chi connectivity index (χ4n) is 1.46. The van der Waals surface area contributed by atoms with Crippen molar-refractivity contribution >= 4 is 26.1 Å². The highest BCUT2D eigenvalue weighted by atomic mass is 32.2. The second-order valence-electron chi connectivity index (χ2n) is 3.71. The summed E-state index contributed by atoms with van der Waals surface area (Å²) in [6.45, 7) is 0. The Balaban J connectivity index is 2.96. The van der Waals surface area contributed by atoms with Gasteiger partial charge in [-0.1, -0.05) is 0 Å². The van der Waals surface area contributed by atoms with E-state index in [9.17, 15) is 19.1 Å². The fraction of sp³-hybridized carbons (Fsp3) is 1.00. The minimum absolute atomic E-state index is 0.564. The van der Waals surface area contributed by atoms with Crippen LogP contribution in [0.5, 0.6) is 0 Å². The molecule has 0 amide bonds. The molecule has 1 fully saturated rings. The zero-order valence-corrected chi connectivity index (χ0v) is 11.0. The molecule has 16 heavy (non-hydrogen) atoms. The minimum Gasteiger partial charge on any atom is -0.776 e. The Bertz CT molecular complexity index is 319. The first kappa shape index (κ1) is 14.7. The highest BCUT2D eigenvalue weighted by Gasteiger charge is 2.58. The highest BCUT2D eigenvalue weighted by molar-refractivity contribution is 7.98. The van der Waals surface area contributed by atoms with Crippen LogP contribution in [0, 0.1) is 0 Å². The van der Waals surface area contributed by atoms with Crippen LogP contribution in [-0.4, -0.2) is 42.1 Å². The van der Waals surface area contributed by atoms with Crippen molar-refractivity contribution in [2.75, 3.05) is 17.3 Å². The summed E-state index contributed by atoms with van der Waals surface area (Å²) in [5, 5.41) is 6.24. The topological polar surface area (TPSA) is 138 Å². The van der Waals surface area contributed by atoms with Crippen LogP contribution < -0.4 is 4.89 Å². The second kappa shape index (κ2) is 4.71. The molecule has 7 nitrogen and oxygen atoms in total. The molecule has 0 radical (unpaired) electrons. The molecular weight excluding hydrogens is 278 g/mol. The molecule has 1 aliphatic rings. The largest absolute Gasteiger partial charge is 0.776 e. The van der Waals surface area contributed by atoms with E-state index in [4.69, 9.17) is 14.7 Å². The van der Waals surface area contributed by atoms with Crippen molar-refractivity contribution in [3.05, 3.63) is 0 Å². The zero-order valence-electron chi connectivity index (χ0n) is 8.35. The predicted octanol–water partition coefficient (Wildman–Crippen LogP) is -1.23. The summed E-state index contributed by atoms with van der Waals surface area (Å²) in [4.78, 5) is 37.5. The lowest BCUT2D eigenvalue weighted by molar-refractivity contribution is -0.204. The molecule has 1 saturated heterocycles. The third kappa shape index (κ3) is 2.89. The van der Waals surface area contributed by atoms with E-state index in [1.807, 2.05) is 0 Å². The molecule has 0 bridgehead atoms. The van der Waals surface area contributed by atoms with E-state index in [0.29, 0.717) is 11.5 Å². The minimum atomic E-state index is -5.51. The summed E-state index contributed by atoms with van der Waals surface area (Å²) in [5.74, 6) is 0.666. The van der Waals surface area contributed by atoms with E-state index in [2.05, 4.69) is 0 Å². The molecule has 96 valence electrons. The van der Waals surface area contributed by atoms with Crippen LogP contribution >= 0.6 is 15.2 Å². The molecule has 1 aliphatic heterocycles. The molecule has 2 unspecified atom stereocenters. The van der Waals surface area contributed by atoms with E-state index in [1.54, 1.807) is 0 Å². The summed E-state index contributed by atoms with van der Waals surface area (Å²) < 4.78 is 21.9. The molecule has 0 aromatic heterocycles. The van der Waals surface area contributed by atoms with Crippen molar-refractivity contribution < 1.29 is 33.8 Å². The summed E-state index contributed by atoms with van der Waals surface area (Å²) in [6.07, 6.45) is 1.68. The molecule has 1 heterocycles. The van der Waals surface area contributed by atoms with Gasteiger partial charge in [-0.2, -0.15) is 0 Å². The predicted molar refractivity (Wildman–Crippen MR) is 58.0 cm³/mol. The molecule has 0 aliphatic carbocycles. The Kier molecular flexibility index (Phi) is 4.31. The van der Waals surface area contributed by atoms with Crippen molar-refractivity contribution in [3.63, 3.8) is 0 Å². The van der Waals surface area contributed by atoms with E-state index < -0.39 is 36.9 Å². The number of rotatable bonds is 4. The van der Waals surface area contributed by atoms with Crippen LogP contribution in [0.3, 0.4) is 0 Å². The lowest BCUT2D eigenvalue weighted by Crippen LogP contribution is -2.40. The smallest absolute Gasteiger partial charge is 0.370 e. The van der Waals surface area contributed by atoms with Crippen LogP contribution in [0.1, 0.15) is 12.8 Å². The molecule has 0 aromatic rings. The molecule has 0 aromatic carbocycles. The SMILES string of the molecule is O=P([O-])(O)C(O)(C[S+]1CCCC1)P(=O)(O)O. The Hall–Kier alpha value is 0.610. The second-order valence-corrected chi connectivity index (χ2v) is 10.0. The van der Waals surface area contributed by atoms with Crippen LogP contribution in [-0.2, 0) is 20.0 Å². The standard InChI is InChI=1S/C6H14O7P2S/c7-6(14(8,9)10,15(11,12)13)5-16-3-1-2-4-16/h7H,1-5H2,(H3-,8,9,10,11,12,13). The fourth-order valence-corrected chi connectivity index (χ4v) is 7.47. The first-order valence-electron chi connectivity index (χ1n) is 4.54. The van der Waals surface area contributed by atoms with Crippen molar-refractivity contribution in [3.8, 4) is 0 Å². The Morgan fingerprint density at radius 3 is 1.94 bits per heavy atom. The normalized spacial score (nSPS) is 26.3. The Labute approximate surface area is 95.5 Å². The number of hydrogen-bond acceptors (Lipinski definition) is 4. The maximum Gasteiger partial charge on any atom is 0.370 e. The van der Waals surface area contributed by atoms with E-state index in [0.717, 1.165) is 12.8 Å². The van der Waals surface area contributed by atoms with Crippen molar-refractivity contribution in [1.82, 2.24) is 0 Å². The van der Waals surface area contributed by atoms with Gasteiger partial charge in [-0.25, -0.2) is 0 Å². The molecular formula is C6H14O7P2S. The lowest BCUT2D eigenvalue weighted by Gasteiger charge is -2.34. The van der Waals surface area contributed by atoms with Gasteiger partial charge in [-0.3, -0.25) is 4.57 Å². The molecule has 1 rings (SSSR count). The summed E-state index contributed by atoms with van der Waals surface area (Å²) >= 11 is 0. The molecule has 0 spiro atoms. The van der Waals surface area contributed by atoms with Crippen molar-refractivity contribution in [1.29, 1.82) is 0 Å². The highest BCUT2D eigenvalue weighted by Crippen LogP contribution is 2.66. The third-order valence-electron chi connectivity index (χ3n) is 2.43. The summed E-state index contributed by atoms with van der Waals surface area (Å²) in [5.41, 5.74) is 0. The molecule has 4 N–H and O–H groups in total. The van der Waals surface area contributed by atoms with Crippen LogP contribution in [0.4, 0.5) is 0 Å². The van der Waals surface area contributed by atoms with Gasteiger partial charge in [0.1, 0.15) is 11.5 Å². The molecule has 2 atom stereocenters. The van der Waals surface area contributed by atoms with E-state index in [1.165, 1.54) is 0 Å². The average molecular weight is 292 g/mol. The van der Waals surface area contributed by atoms with Crippen molar-refractivity contribution in [2.45, 2.75) is 17.9 Å². The van der Waals surface area contributed by atoms with E-state index in [-0.39, 0.29) is 0 Å². The van der Waals surface area contributed by atoms with Gasteiger partial charge < -0.3 is 29.2 Å². The maximum absolute atomic E-state index is 11.0. The van der Waals surface area contributed by atoms with Crippen LogP contribution in [0.2, 0.25) is 0 Å². The first-order valence-corrected chi connectivity index (χ1v) is 9.46. The van der Waals surface area contributed by atoms with Crippen molar-refractivity contribution in [2.24, 2.45) is 0 Å². The van der Waals surface area contributed by atoms with Crippen LogP contribution in [0.15, 0.2) is 0 Å². The van der Waals surface area contributed by atoms with Gasteiger partial charge in [-0.15, -0.1) is 0 Å². The monoisotopic (exact) mass is 292 g/mol. The molecule has 10 heteroatoms. The average Bonchev–Trinajstić information content (AvgIpc) is 2.52. The number of hydrogen-bond donors (Lipinski definition) is 4. The van der Waals surface area contributed by atoms with Crippen LogP contribution in [0.25, 0.3) is 0 Å². The summed E-state index contributed by atoms with van der Waals surface area (Å²) in [6, 6.07) is 0. The maximum atomic E-state index is 11.0. The Morgan fingerprint density at radius 1 is 1.19 bits per heavy atom. The van der Waals surface area contributed by atoms with E-state index >= 15 is 0 Å². The van der Waals surface area contributed by atoms with Gasteiger partial charge in [0, 0.05) is 0 Å².